The van der Waals surface area contributed by atoms with Gasteiger partial charge in [-0.3, -0.25) is 9.59 Å². The van der Waals surface area contributed by atoms with Gasteiger partial charge in [0.1, 0.15) is 5.00 Å². The van der Waals surface area contributed by atoms with Gasteiger partial charge >= 0.3 is 11.9 Å². The van der Waals surface area contributed by atoms with Crippen molar-refractivity contribution in [3.63, 3.8) is 0 Å². The maximum Gasteiger partial charge on any atom is 0.341 e. The molecular weight excluding hydrogens is 432 g/mol. The topological polar surface area (TPSA) is 111 Å². The highest BCUT2D eigenvalue weighted by Gasteiger charge is 2.27. The molecule has 0 aliphatic rings. The number of carbonyl (C=O) groups is 4. The van der Waals surface area contributed by atoms with Gasteiger partial charge in [0.25, 0.3) is 11.8 Å². The van der Waals surface area contributed by atoms with Crippen LogP contribution in [0.3, 0.4) is 0 Å². The first-order valence-electron chi connectivity index (χ1n) is 9.80. The van der Waals surface area contributed by atoms with E-state index in [0.717, 1.165) is 11.3 Å². The summed E-state index contributed by atoms with van der Waals surface area (Å²) in [5, 5.41) is 5.43. The molecule has 8 nitrogen and oxygen atoms in total. The van der Waals surface area contributed by atoms with Crippen molar-refractivity contribution in [3.05, 3.63) is 70.6 Å². The van der Waals surface area contributed by atoms with Crippen LogP contribution in [0.2, 0.25) is 0 Å². The van der Waals surface area contributed by atoms with Gasteiger partial charge in [0.2, 0.25) is 0 Å². The summed E-state index contributed by atoms with van der Waals surface area (Å²) in [5.74, 6) is -2.43. The molecule has 2 rings (SSSR count). The van der Waals surface area contributed by atoms with Gasteiger partial charge in [-0.05, 0) is 38.5 Å². The Hall–Kier alpha value is -3.72. The number of thiophene rings is 1. The van der Waals surface area contributed by atoms with Gasteiger partial charge in [-0.15, -0.1) is 11.3 Å². The lowest BCUT2D eigenvalue weighted by atomic mass is 10.1. The van der Waals surface area contributed by atoms with Gasteiger partial charge < -0.3 is 20.1 Å². The van der Waals surface area contributed by atoms with Crippen LogP contribution in [0.5, 0.6) is 0 Å². The van der Waals surface area contributed by atoms with E-state index < -0.39 is 30.4 Å². The number of hydrogen-bond donors (Lipinski definition) is 2. The van der Waals surface area contributed by atoms with Crippen LogP contribution in [0.15, 0.2) is 54.6 Å². The van der Waals surface area contributed by atoms with Crippen molar-refractivity contribution in [2.24, 2.45) is 0 Å². The Labute approximate surface area is 189 Å². The van der Waals surface area contributed by atoms with Crippen LogP contribution in [-0.4, -0.2) is 37.0 Å². The van der Waals surface area contributed by atoms with Gasteiger partial charge in [0, 0.05) is 11.8 Å². The maximum atomic E-state index is 12.8. The molecule has 0 spiro atoms. The molecule has 0 saturated carbocycles. The highest BCUT2D eigenvalue weighted by molar-refractivity contribution is 7.19. The lowest BCUT2D eigenvalue weighted by Crippen LogP contribution is -2.21. The number of amides is 2. The first-order chi connectivity index (χ1) is 15.4. The molecule has 168 valence electrons. The lowest BCUT2D eigenvalue weighted by molar-refractivity contribution is -0.142. The SMILES string of the molecule is C/C=C/C=C/C(=O)OCC(=O)Nc1sc(C(=O)Nc2ccccc2)c(C)c1C(=O)OCC. The van der Waals surface area contributed by atoms with E-state index >= 15 is 0 Å². The molecule has 2 aromatic rings. The molecule has 0 saturated heterocycles. The second-order valence-electron chi connectivity index (χ2n) is 6.34. The molecule has 1 aromatic heterocycles. The molecule has 0 radical (unpaired) electrons. The molecule has 2 N–H and O–H groups in total. The largest absolute Gasteiger partial charge is 0.462 e. The van der Waals surface area contributed by atoms with Gasteiger partial charge in [0.15, 0.2) is 6.61 Å². The minimum Gasteiger partial charge on any atom is -0.462 e. The predicted octanol–water partition coefficient (Wildman–Crippen LogP) is 4.10. The van der Waals surface area contributed by atoms with E-state index in [0.29, 0.717) is 11.3 Å². The number of benzene rings is 1. The number of rotatable bonds is 9. The second-order valence-corrected chi connectivity index (χ2v) is 7.36. The predicted molar refractivity (Wildman–Crippen MR) is 123 cm³/mol. The average molecular weight is 457 g/mol. The highest BCUT2D eigenvalue weighted by atomic mass is 32.1. The number of carbonyl (C=O) groups excluding carboxylic acids is 4. The fourth-order valence-corrected chi connectivity index (χ4v) is 3.68. The quantitative estimate of drug-likeness (QED) is 0.334. The van der Waals surface area contributed by atoms with Crippen molar-refractivity contribution >= 4 is 45.8 Å². The molecule has 1 aromatic carbocycles. The number of para-hydroxylation sites is 1. The van der Waals surface area contributed by atoms with Gasteiger partial charge in [-0.2, -0.15) is 0 Å². The summed E-state index contributed by atoms with van der Waals surface area (Å²) in [6, 6.07) is 8.84. The number of anilines is 2. The Morgan fingerprint density at radius 3 is 2.41 bits per heavy atom. The number of hydrogen-bond acceptors (Lipinski definition) is 7. The Morgan fingerprint density at radius 2 is 1.75 bits per heavy atom. The molecule has 0 atom stereocenters. The summed E-state index contributed by atoms with van der Waals surface area (Å²) in [6.07, 6.45) is 6.04. The molecule has 9 heteroatoms. The number of allylic oxidation sites excluding steroid dienone is 3. The Morgan fingerprint density at radius 1 is 1.03 bits per heavy atom. The fourth-order valence-electron chi connectivity index (χ4n) is 2.57. The van der Waals surface area contributed by atoms with Gasteiger partial charge in [-0.1, -0.05) is 36.4 Å². The Balaban J connectivity index is 2.20. The Bertz CT molecular complexity index is 1040. The van der Waals surface area contributed by atoms with Crippen LogP contribution in [0.1, 0.15) is 39.4 Å². The molecular formula is C23H24N2O6S. The van der Waals surface area contributed by atoms with Crippen LogP contribution >= 0.6 is 11.3 Å². The van der Waals surface area contributed by atoms with Crippen molar-refractivity contribution in [1.29, 1.82) is 0 Å². The van der Waals surface area contributed by atoms with E-state index in [4.69, 9.17) is 9.47 Å². The van der Waals surface area contributed by atoms with Crippen LogP contribution < -0.4 is 10.6 Å². The minimum atomic E-state index is -0.686. The van der Waals surface area contributed by atoms with Crippen LogP contribution in [0.4, 0.5) is 10.7 Å². The van der Waals surface area contributed by atoms with E-state index in [9.17, 15) is 19.2 Å². The third-order valence-corrected chi connectivity index (χ3v) is 5.20. The van der Waals surface area contributed by atoms with Crippen molar-refractivity contribution in [1.82, 2.24) is 0 Å². The molecule has 0 fully saturated rings. The van der Waals surface area contributed by atoms with Crippen LogP contribution in [-0.2, 0) is 19.1 Å². The third kappa shape index (κ3) is 6.92. The van der Waals surface area contributed by atoms with E-state index in [2.05, 4.69) is 10.6 Å². The van der Waals surface area contributed by atoms with Crippen molar-refractivity contribution in [3.8, 4) is 0 Å². The van der Waals surface area contributed by atoms with E-state index in [1.54, 1.807) is 57.2 Å². The third-order valence-electron chi connectivity index (χ3n) is 4.00. The molecule has 32 heavy (non-hydrogen) atoms. The van der Waals surface area contributed by atoms with Crippen molar-refractivity contribution < 1.29 is 28.7 Å². The van der Waals surface area contributed by atoms with Crippen LogP contribution in [0, 0.1) is 6.92 Å². The summed E-state index contributed by atoms with van der Waals surface area (Å²) in [7, 11) is 0. The van der Waals surface area contributed by atoms with Gasteiger partial charge in [-0.25, -0.2) is 9.59 Å². The summed E-state index contributed by atoms with van der Waals surface area (Å²) in [5.41, 5.74) is 1.05. The molecule has 0 aliphatic heterocycles. The summed E-state index contributed by atoms with van der Waals surface area (Å²) >= 11 is 0.939. The van der Waals surface area contributed by atoms with E-state index in [1.165, 1.54) is 12.2 Å². The molecule has 2 amide bonds. The number of esters is 2. The molecule has 0 bridgehead atoms. The monoisotopic (exact) mass is 456 g/mol. The Kier molecular flexibility index (Phi) is 9.37. The van der Waals surface area contributed by atoms with Crippen LogP contribution in [0.25, 0.3) is 0 Å². The van der Waals surface area contributed by atoms with Gasteiger partial charge in [0.05, 0.1) is 17.0 Å². The lowest BCUT2D eigenvalue weighted by Gasteiger charge is -2.07. The minimum absolute atomic E-state index is 0.0858. The second kappa shape index (κ2) is 12.2. The zero-order valence-electron chi connectivity index (χ0n) is 18.0. The zero-order valence-corrected chi connectivity index (χ0v) is 18.8. The van der Waals surface area contributed by atoms with Crippen molar-refractivity contribution in [2.75, 3.05) is 23.8 Å². The maximum absolute atomic E-state index is 12.8. The highest BCUT2D eigenvalue weighted by Crippen LogP contribution is 2.34. The van der Waals surface area contributed by atoms with E-state index in [-0.39, 0.29) is 22.0 Å². The van der Waals surface area contributed by atoms with Crippen molar-refractivity contribution in [2.45, 2.75) is 20.8 Å². The molecule has 0 unspecified atom stereocenters. The first-order valence-corrected chi connectivity index (χ1v) is 10.6. The molecule has 0 aliphatic carbocycles. The standard InChI is InChI=1S/C23H24N2O6S/c1-4-6-8-13-18(27)31-14-17(26)25-22-19(23(29)30-5-2)15(3)20(32-22)21(28)24-16-11-9-7-10-12-16/h4,6-13H,5,14H2,1-3H3,(H,24,28)(H,25,26)/b6-4+,13-8+. The fraction of sp³-hybridized carbons (Fsp3) is 0.217. The first kappa shape index (κ1) is 24.5. The normalized spacial score (nSPS) is 10.8. The number of ether oxygens (including phenoxy) is 2. The summed E-state index contributed by atoms with van der Waals surface area (Å²) in [4.78, 5) is 49.4. The number of nitrogens with one attached hydrogen (secondary N) is 2. The zero-order chi connectivity index (χ0) is 23.5. The molecule has 1 heterocycles. The average Bonchev–Trinajstić information content (AvgIpc) is 3.09. The smallest absolute Gasteiger partial charge is 0.341 e. The summed E-state index contributed by atoms with van der Waals surface area (Å²) in [6.45, 7) is 4.63. The summed E-state index contributed by atoms with van der Waals surface area (Å²) < 4.78 is 9.95. The van der Waals surface area contributed by atoms with E-state index in [1.807, 2.05) is 6.07 Å².